The third kappa shape index (κ3) is 5.02. The van der Waals surface area contributed by atoms with Crippen molar-refractivity contribution in [3.63, 3.8) is 0 Å². The average molecular weight is 449 g/mol. The van der Waals surface area contributed by atoms with Crippen LogP contribution < -0.4 is 10.1 Å². The van der Waals surface area contributed by atoms with E-state index in [9.17, 15) is 15.0 Å². The molecule has 168 valence electrons. The van der Waals surface area contributed by atoms with Crippen LogP contribution in [0, 0.1) is 0 Å². The molecule has 2 aliphatic heterocycles. The third-order valence-electron chi connectivity index (χ3n) is 6.04. The maximum Gasteiger partial charge on any atom is 0.251 e. The summed E-state index contributed by atoms with van der Waals surface area (Å²) in [5.74, 6) is 0.468. The summed E-state index contributed by atoms with van der Waals surface area (Å²) in [5, 5.41) is 23.3. The molecular formula is C23H29ClN2O5. The van der Waals surface area contributed by atoms with E-state index in [0.29, 0.717) is 17.9 Å². The first-order chi connectivity index (χ1) is 14.6. The number of nitrogens with zero attached hydrogens (tertiary/aromatic N) is 1. The lowest BCUT2D eigenvalue weighted by Crippen LogP contribution is -2.52. The Hall–Kier alpha value is -2.16. The minimum atomic E-state index is -0.817. The SMILES string of the molecule is COc1ccc(C(=O)NC[C@H]2O[C@@H](CO)[C@@H](O)[C@H]2N2CCc3ccccc3C2)cc1.Cl. The largest absolute Gasteiger partial charge is 0.497 e. The van der Waals surface area contributed by atoms with E-state index in [0.717, 1.165) is 13.0 Å². The lowest BCUT2D eigenvalue weighted by atomic mass is 9.95. The van der Waals surface area contributed by atoms with Crippen molar-refractivity contribution in [1.82, 2.24) is 10.2 Å². The maximum absolute atomic E-state index is 12.5. The van der Waals surface area contributed by atoms with Crippen molar-refractivity contribution in [3.05, 3.63) is 65.2 Å². The number of aliphatic hydroxyl groups is 2. The lowest BCUT2D eigenvalue weighted by Gasteiger charge is -2.37. The highest BCUT2D eigenvalue weighted by molar-refractivity contribution is 5.94. The van der Waals surface area contributed by atoms with Gasteiger partial charge in [0.2, 0.25) is 0 Å². The number of benzene rings is 2. The summed E-state index contributed by atoms with van der Waals surface area (Å²) >= 11 is 0. The number of ether oxygens (including phenoxy) is 2. The number of fused-ring (bicyclic) bond motifs is 1. The van der Waals surface area contributed by atoms with Crippen molar-refractivity contribution < 1.29 is 24.5 Å². The first-order valence-electron chi connectivity index (χ1n) is 10.3. The highest BCUT2D eigenvalue weighted by Crippen LogP contribution is 2.30. The van der Waals surface area contributed by atoms with Gasteiger partial charge in [0.25, 0.3) is 5.91 Å². The minimum absolute atomic E-state index is 0. The minimum Gasteiger partial charge on any atom is -0.497 e. The molecule has 0 radical (unpaired) electrons. The molecule has 4 rings (SSSR count). The molecule has 0 bridgehead atoms. The summed E-state index contributed by atoms with van der Waals surface area (Å²) in [7, 11) is 1.58. The highest BCUT2D eigenvalue weighted by Gasteiger charge is 2.46. The highest BCUT2D eigenvalue weighted by atomic mass is 35.5. The molecule has 0 saturated carbocycles. The summed E-state index contributed by atoms with van der Waals surface area (Å²) in [5.41, 5.74) is 3.09. The van der Waals surface area contributed by atoms with Crippen LogP contribution in [0.1, 0.15) is 21.5 Å². The van der Waals surface area contributed by atoms with Crippen LogP contribution in [-0.2, 0) is 17.7 Å². The van der Waals surface area contributed by atoms with Gasteiger partial charge < -0.3 is 25.0 Å². The molecule has 1 amide bonds. The van der Waals surface area contributed by atoms with Crippen molar-refractivity contribution in [2.24, 2.45) is 0 Å². The second-order valence-electron chi connectivity index (χ2n) is 7.80. The number of amides is 1. The molecule has 2 aromatic carbocycles. The van der Waals surface area contributed by atoms with Crippen LogP contribution in [0.15, 0.2) is 48.5 Å². The zero-order valence-corrected chi connectivity index (χ0v) is 18.3. The standard InChI is InChI=1S/C23H28N2O5.ClH/c1-29-18-8-6-16(7-9-18)23(28)24-12-19-21(22(27)20(14-26)30-19)25-11-10-15-4-2-3-5-17(15)13-25;/h2-9,19-22,26-27H,10-14H2,1H3,(H,24,28);1H/t19-,20+,21+,22-;/m1./s1. The molecule has 1 fully saturated rings. The van der Waals surface area contributed by atoms with Gasteiger partial charge >= 0.3 is 0 Å². The molecular weight excluding hydrogens is 420 g/mol. The van der Waals surface area contributed by atoms with E-state index in [-0.39, 0.29) is 37.5 Å². The topological polar surface area (TPSA) is 91.3 Å². The van der Waals surface area contributed by atoms with Crippen molar-refractivity contribution >= 4 is 18.3 Å². The Morgan fingerprint density at radius 1 is 1.16 bits per heavy atom. The van der Waals surface area contributed by atoms with E-state index < -0.39 is 18.3 Å². The Labute approximate surface area is 188 Å². The quantitative estimate of drug-likeness (QED) is 0.618. The predicted octanol–water partition coefficient (Wildman–Crippen LogP) is 1.39. The molecule has 2 aromatic rings. The second-order valence-corrected chi connectivity index (χ2v) is 7.80. The summed E-state index contributed by atoms with van der Waals surface area (Å²) in [6.07, 6.45) is -0.989. The van der Waals surface area contributed by atoms with Gasteiger partial charge in [-0.05, 0) is 41.8 Å². The normalized spacial score (nSPS) is 25.4. The van der Waals surface area contributed by atoms with Crippen LogP contribution in [0.5, 0.6) is 5.75 Å². The van der Waals surface area contributed by atoms with E-state index in [1.54, 1.807) is 31.4 Å². The van der Waals surface area contributed by atoms with Gasteiger partial charge in [0.15, 0.2) is 0 Å². The van der Waals surface area contributed by atoms with Gasteiger partial charge in [-0.3, -0.25) is 9.69 Å². The number of carbonyl (C=O) groups excluding carboxylic acids is 1. The molecule has 0 aromatic heterocycles. The molecule has 31 heavy (non-hydrogen) atoms. The number of rotatable bonds is 6. The van der Waals surface area contributed by atoms with E-state index in [2.05, 4.69) is 22.3 Å². The van der Waals surface area contributed by atoms with E-state index in [1.807, 2.05) is 12.1 Å². The van der Waals surface area contributed by atoms with Crippen LogP contribution in [0.4, 0.5) is 0 Å². The van der Waals surface area contributed by atoms with Crippen LogP contribution in [-0.4, -0.2) is 72.2 Å². The smallest absolute Gasteiger partial charge is 0.251 e. The van der Waals surface area contributed by atoms with Gasteiger partial charge in [0.05, 0.1) is 25.9 Å². The van der Waals surface area contributed by atoms with Crippen LogP contribution in [0.3, 0.4) is 0 Å². The fraction of sp³-hybridized carbons (Fsp3) is 0.435. The number of halogens is 1. The van der Waals surface area contributed by atoms with Crippen molar-refractivity contribution in [2.75, 3.05) is 26.8 Å². The first-order valence-corrected chi connectivity index (χ1v) is 10.3. The fourth-order valence-electron chi connectivity index (χ4n) is 4.41. The molecule has 7 nitrogen and oxygen atoms in total. The molecule has 0 unspecified atom stereocenters. The number of aliphatic hydroxyl groups excluding tert-OH is 2. The Morgan fingerprint density at radius 3 is 2.55 bits per heavy atom. The second kappa shape index (κ2) is 10.4. The Balaban J connectivity index is 0.00000272. The monoisotopic (exact) mass is 448 g/mol. The van der Waals surface area contributed by atoms with E-state index in [4.69, 9.17) is 9.47 Å². The molecule has 8 heteroatoms. The number of methoxy groups -OCH3 is 1. The summed E-state index contributed by atoms with van der Waals surface area (Å²) in [4.78, 5) is 14.7. The van der Waals surface area contributed by atoms with Crippen LogP contribution in [0.25, 0.3) is 0 Å². The fourth-order valence-corrected chi connectivity index (χ4v) is 4.41. The first kappa shape index (κ1) is 23.5. The van der Waals surface area contributed by atoms with Crippen molar-refractivity contribution in [3.8, 4) is 5.75 Å². The molecule has 1 saturated heterocycles. The Kier molecular flexibility index (Phi) is 7.91. The number of hydrogen-bond acceptors (Lipinski definition) is 6. The molecule has 4 atom stereocenters. The van der Waals surface area contributed by atoms with Gasteiger partial charge in [-0.15, -0.1) is 12.4 Å². The molecule has 0 spiro atoms. The number of hydrogen-bond donors (Lipinski definition) is 3. The van der Waals surface area contributed by atoms with Gasteiger partial charge in [-0.25, -0.2) is 0 Å². The van der Waals surface area contributed by atoms with E-state index in [1.165, 1.54) is 11.1 Å². The summed E-state index contributed by atoms with van der Waals surface area (Å²) in [6, 6.07) is 14.9. The maximum atomic E-state index is 12.5. The van der Waals surface area contributed by atoms with Crippen molar-refractivity contribution in [2.45, 2.75) is 37.3 Å². The van der Waals surface area contributed by atoms with Crippen LogP contribution >= 0.6 is 12.4 Å². The van der Waals surface area contributed by atoms with Gasteiger partial charge in [-0.2, -0.15) is 0 Å². The summed E-state index contributed by atoms with van der Waals surface area (Å²) in [6.45, 7) is 1.50. The summed E-state index contributed by atoms with van der Waals surface area (Å²) < 4.78 is 11.0. The van der Waals surface area contributed by atoms with Gasteiger partial charge in [0.1, 0.15) is 18.0 Å². The predicted molar refractivity (Wildman–Crippen MR) is 119 cm³/mol. The number of nitrogens with one attached hydrogen (secondary N) is 1. The zero-order chi connectivity index (χ0) is 21.1. The number of carbonyl (C=O) groups is 1. The Morgan fingerprint density at radius 2 is 1.87 bits per heavy atom. The average Bonchev–Trinajstić information content (AvgIpc) is 3.12. The van der Waals surface area contributed by atoms with E-state index >= 15 is 0 Å². The molecule has 2 heterocycles. The zero-order valence-electron chi connectivity index (χ0n) is 17.4. The molecule has 0 aliphatic carbocycles. The van der Waals surface area contributed by atoms with Crippen LogP contribution in [0.2, 0.25) is 0 Å². The third-order valence-corrected chi connectivity index (χ3v) is 6.04. The molecule has 3 N–H and O–H groups in total. The Bertz CT molecular complexity index is 879. The lowest BCUT2D eigenvalue weighted by molar-refractivity contribution is -0.0209. The van der Waals surface area contributed by atoms with Gasteiger partial charge in [-0.1, -0.05) is 24.3 Å². The molecule has 2 aliphatic rings. The van der Waals surface area contributed by atoms with Crippen molar-refractivity contribution in [1.29, 1.82) is 0 Å². The van der Waals surface area contributed by atoms with Gasteiger partial charge in [0, 0.05) is 25.2 Å².